The van der Waals surface area contributed by atoms with Crippen molar-refractivity contribution in [2.24, 2.45) is 0 Å². The Labute approximate surface area is 97.9 Å². The first-order valence-corrected chi connectivity index (χ1v) is 7.78. The SMILES string of the molecule is CCCCO[PH](=O)OCCCC.O=[PH](O)O. The Kier molecular flexibility index (Phi) is 17.8. The van der Waals surface area contributed by atoms with Crippen molar-refractivity contribution in [1.82, 2.24) is 0 Å². The third-order valence-electron chi connectivity index (χ3n) is 1.44. The Morgan fingerprint density at radius 1 is 0.938 bits per heavy atom. The van der Waals surface area contributed by atoms with Crippen LogP contribution in [0.5, 0.6) is 0 Å². The molecule has 0 aromatic carbocycles. The quantitative estimate of drug-likeness (QED) is 0.522. The zero-order chi connectivity index (χ0) is 12.8. The van der Waals surface area contributed by atoms with E-state index in [1.807, 2.05) is 0 Å². The zero-order valence-electron chi connectivity index (χ0n) is 9.77. The van der Waals surface area contributed by atoms with Crippen molar-refractivity contribution in [3.63, 3.8) is 0 Å². The fourth-order valence-electron chi connectivity index (χ4n) is 0.641. The second kappa shape index (κ2) is 15.3. The van der Waals surface area contributed by atoms with E-state index in [-0.39, 0.29) is 0 Å². The van der Waals surface area contributed by atoms with Gasteiger partial charge in [0.25, 0.3) is 0 Å². The first-order valence-electron chi connectivity index (χ1n) is 5.26. The largest absolute Gasteiger partial charge is 0.326 e. The van der Waals surface area contributed by atoms with Crippen molar-refractivity contribution < 1.29 is 28.0 Å². The van der Waals surface area contributed by atoms with E-state index in [2.05, 4.69) is 13.8 Å². The molecule has 0 aromatic heterocycles. The van der Waals surface area contributed by atoms with Crippen molar-refractivity contribution in [2.75, 3.05) is 13.2 Å². The van der Waals surface area contributed by atoms with E-state index in [4.69, 9.17) is 23.4 Å². The molecule has 100 valence electrons. The van der Waals surface area contributed by atoms with Gasteiger partial charge in [-0.3, -0.25) is 9.13 Å². The molecule has 0 aliphatic heterocycles. The molecule has 0 heterocycles. The number of unbranched alkanes of at least 4 members (excludes halogenated alkanes) is 2. The van der Waals surface area contributed by atoms with Gasteiger partial charge in [-0.15, -0.1) is 0 Å². The lowest BCUT2D eigenvalue weighted by molar-refractivity contribution is 0.221. The van der Waals surface area contributed by atoms with Gasteiger partial charge in [-0.2, -0.15) is 0 Å². The Bertz CT molecular complexity index is 171. The molecule has 0 aromatic rings. The molecule has 0 unspecified atom stereocenters. The molecule has 0 aliphatic rings. The zero-order valence-corrected chi connectivity index (χ0v) is 11.8. The van der Waals surface area contributed by atoms with Crippen LogP contribution in [0, 0.1) is 0 Å². The molecule has 0 aliphatic carbocycles. The van der Waals surface area contributed by atoms with Gasteiger partial charge >= 0.3 is 16.5 Å². The van der Waals surface area contributed by atoms with Crippen LogP contribution in [0.2, 0.25) is 0 Å². The number of hydrogen-bond donors (Lipinski definition) is 2. The van der Waals surface area contributed by atoms with Crippen LogP contribution in [0.3, 0.4) is 0 Å². The predicted octanol–water partition coefficient (Wildman–Crippen LogP) is 2.37. The topological polar surface area (TPSA) is 93.1 Å². The predicted molar refractivity (Wildman–Crippen MR) is 64.2 cm³/mol. The summed E-state index contributed by atoms with van der Waals surface area (Å²) in [6.45, 7) is 5.25. The van der Waals surface area contributed by atoms with Gasteiger partial charge < -0.3 is 18.8 Å². The fraction of sp³-hybridized carbons (Fsp3) is 1.00. The van der Waals surface area contributed by atoms with Crippen molar-refractivity contribution in [1.29, 1.82) is 0 Å². The minimum Gasteiger partial charge on any atom is -0.326 e. The lowest BCUT2D eigenvalue weighted by atomic mass is 10.4. The highest BCUT2D eigenvalue weighted by Crippen LogP contribution is 2.24. The Morgan fingerprint density at radius 3 is 1.50 bits per heavy atom. The summed E-state index contributed by atoms with van der Waals surface area (Å²) < 4.78 is 29.6. The van der Waals surface area contributed by atoms with Crippen LogP contribution in [-0.2, 0) is 18.2 Å². The molecule has 2 N–H and O–H groups in total. The maximum Gasteiger partial charge on any atom is 0.319 e. The molecule has 16 heavy (non-hydrogen) atoms. The maximum absolute atomic E-state index is 10.9. The third kappa shape index (κ3) is 23.8. The molecular weight excluding hydrogens is 254 g/mol. The molecule has 0 radical (unpaired) electrons. The highest BCUT2D eigenvalue weighted by Gasteiger charge is 1.97. The van der Waals surface area contributed by atoms with Crippen LogP contribution < -0.4 is 0 Å². The van der Waals surface area contributed by atoms with Gasteiger partial charge in [0.1, 0.15) is 0 Å². The first-order chi connectivity index (χ1) is 7.54. The van der Waals surface area contributed by atoms with Gasteiger partial charge in [0, 0.05) is 0 Å². The first kappa shape index (κ1) is 18.7. The summed E-state index contributed by atoms with van der Waals surface area (Å²) in [5.74, 6) is 0. The molecule has 0 saturated carbocycles. The van der Waals surface area contributed by atoms with Crippen LogP contribution in [-0.4, -0.2) is 23.0 Å². The average molecular weight is 276 g/mol. The number of hydrogen-bond acceptors (Lipinski definition) is 4. The van der Waals surface area contributed by atoms with Crippen molar-refractivity contribution in [3.8, 4) is 0 Å². The van der Waals surface area contributed by atoms with Gasteiger partial charge in [-0.25, -0.2) is 0 Å². The third-order valence-corrected chi connectivity index (χ3v) is 2.32. The summed E-state index contributed by atoms with van der Waals surface area (Å²) >= 11 is 0. The molecule has 0 saturated heterocycles. The molecule has 0 fully saturated rings. The van der Waals surface area contributed by atoms with Crippen molar-refractivity contribution >= 4 is 16.5 Å². The van der Waals surface area contributed by atoms with Gasteiger partial charge in [-0.05, 0) is 12.8 Å². The van der Waals surface area contributed by atoms with Crippen LogP contribution in [0.15, 0.2) is 0 Å². The van der Waals surface area contributed by atoms with Crippen LogP contribution in [0.4, 0.5) is 0 Å². The molecule has 0 rings (SSSR count). The van der Waals surface area contributed by atoms with Crippen molar-refractivity contribution in [2.45, 2.75) is 39.5 Å². The maximum atomic E-state index is 10.9. The van der Waals surface area contributed by atoms with E-state index in [0.29, 0.717) is 13.2 Å². The summed E-state index contributed by atoms with van der Waals surface area (Å²) in [4.78, 5) is 14.3. The fourth-order valence-corrected chi connectivity index (χ4v) is 1.35. The van der Waals surface area contributed by atoms with E-state index in [1.165, 1.54) is 0 Å². The lowest BCUT2D eigenvalue weighted by Gasteiger charge is -2.03. The van der Waals surface area contributed by atoms with Crippen LogP contribution in [0.1, 0.15) is 39.5 Å². The normalized spacial score (nSPS) is 10.4. The minimum atomic E-state index is -3.13. The Hall–Kier alpha value is 0.300. The highest BCUT2D eigenvalue weighted by atomic mass is 31.1. The van der Waals surface area contributed by atoms with Crippen LogP contribution in [0.25, 0.3) is 0 Å². The summed E-state index contributed by atoms with van der Waals surface area (Å²) in [6.07, 6.45) is 4.02. The standard InChI is InChI=1S/C8H19O3P.H3O3P/c1-3-5-7-10-12(9)11-8-6-4-2;1-4(2)3/h12H,3-8H2,1-2H3;4H,(H2,1,2,3). The van der Waals surface area contributed by atoms with Crippen molar-refractivity contribution in [3.05, 3.63) is 0 Å². The summed E-state index contributed by atoms with van der Waals surface area (Å²) in [5.41, 5.74) is 0. The molecule has 0 bridgehead atoms. The lowest BCUT2D eigenvalue weighted by Crippen LogP contribution is -1.90. The monoisotopic (exact) mass is 276 g/mol. The van der Waals surface area contributed by atoms with Gasteiger partial charge in [-0.1, -0.05) is 26.7 Å². The molecule has 8 heteroatoms. The Balaban J connectivity index is 0. The summed E-state index contributed by atoms with van der Waals surface area (Å²) in [6, 6.07) is 0. The Morgan fingerprint density at radius 2 is 1.25 bits per heavy atom. The van der Waals surface area contributed by atoms with Gasteiger partial charge in [0.15, 0.2) is 0 Å². The van der Waals surface area contributed by atoms with E-state index >= 15 is 0 Å². The second-order valence-electron chi connectivity index (χ2n) is 2.94. The molecule has 0 atom stereocenters. The smallest absolute Gasteiger partial charge is 0.319 e. The van der Waals surface area contributed by atoms with E-state index in [0.717, 1.165) is 25.7 Å². The summed E-state index contributed by atoms with van der Waals surface area (Å²) in [5, 5.41) is 0. The average Bonchev–Trinajstić information content (AvgIpc) is 2.18. The minimum absolute atomic E-state index is 0.556. The van der Waals surface area contributed by atoms with Crippen LogP contribution >= 0.6 is 16.5 Å². The van der Waals surface area contributed by atoms with Gasteiger partial charge in [0.05, 0.1) is 13.2 Å². The van der Waals surface area contributed by atoms with Gasteiger partial charge in [0.2, 0.25) is 0 Å². The molecule has 0 spiro atoms. The highest BCUT2D eigenvalue weighted by molar-refractivity contribution is 7.33. The van der Waals surface area contributed by atoms with E-state index in [9.17, 15) is 4.57 Å². The summed E-state index contributed by atoms with van der Waals surface area (Å²) in [7, 11) is -5.31. The second-order valence-corrected chi connectivity index (χ2v) is 4.58. The molecule has 6 nitrogen and oxygen atoms in total. The van der Waals surface area contributed by atoms with E-state index < -0.39 is 16.5 Å². The van der Waals surface area contributed by atoms with E-state index in [1.54, 1.807) is 0 Å². The molecular formula is C8H22O6P2. The number of rotatable bonds is 8. The molecule has 0 amide bonds.